The summed E-state index contributed by atoms with van der Waals surface area (Å²) in [4.78, 5) is 0. The number of rotatable bonds is 7. The molecule has 0 heterocycles. The number of hydrogen-bond donors (Lipinski definition) is 0. The molecule has 0 spiro atoms. The van der Waals surface area contributed by atoms with Crippen LogP contribution in [0.3, 0.4) is 0 Å². The van der Waals surface area contributed by atoms with Crippen molar-refractivity contribution >= 4 is 11.6 Å². The number of alkyl halides is 1. The summed E-state index contributed by atoms with van der Waals surface area (Å²) in [6, 6.07) is 6.77. The summed E-state index contributed by atoms with van der Waals surface area (Å²) in [5, 5.41) is 8.88. The Morgan fingerprint density at radius 2 is 2.05 bits per heavy atom. The fraction of sp³-hybridized carbons (Fsp3) is 0.533. The lowest BCUT2D eigenvalue weighted by atomic mass is 9.89. The molecule has 19 heavy (non-hydrogen) atoms. The molecule has 0 bridgehead atoms. The quantitative estimate of drug-likeness (QED) is 0.538. The van der Waals surface area contributed by atoms with Gasteiger partial charge >= 0.3 is 0 Å². The van der Waals surface area contributed by atoms with Crippen LogP contribution in [0.15, 0.2) is 18.2 Å². The van der Waals surface area contributed by atoms with Crippen molar-refractivity contribution in [2.24, 2.45) is 5.41 Å². The molecular weight excluding hydrogens is 265 g/mol. The lowest BCUT2D eigenvalue weighted by molar-refractivity contribution is 0.293. The Kier molecular flexibility index (Phi) is 6.11. The van der Waals surface area contributed by atoms with E-state index in [0.29, 0.717) is 17.9 Å². The molecule has 2 nitrogen and oxygen atoms in total. The average molecular weight is 284 g/mol. The molecule has 1 rings (SSSR count). The SMILES string of the molecule is CC(C)(C#N)CCCCOc1cc(F)cc(CCl)c1. The monoisotopic (exact) mass is 283 g/mol. The maximum absolute atomic E-state index is 13.2. The number of nitriles is 1. The number of ether oxygens (including phenoxy) is 1. The van der Waals surface area contributed by atoms with Crippen LogP contribution in [0.25, 0.3) is 0 Å². The van der Waals surface area contributed by atoms with Gasteiger partial charge in [-0.3, -0.25) is 0 Å². The van der Waals surface area contributed by atoms with Crippen molar-refractivity contribution in [3.05, 3.63) is 29.6 Å². The van der Waals surface area contributed by atoms with E-state index in [9.17, 15) is 4.39 Å². The first-order chi connectivity index (χ1) is 8.96. The predicted octanol–water partition coefficient (Wildman–Crippen LogP) is 4.66. The third kappa shape index (κ3) is 5.94. The number of halogens is 2. The highest BCUT2D eigenvalue weighted by Crippen LogP contribution is 2.22. The van der Waals surface area contributed by atoms with Crippen molar-refractivity contribution in [1.29, 1.82) is 5.26 Å². The van der Waals surface area contributed by atoms with Gasteiger partial charge in [0, 0.05) is 11.9 Å². The highest BCUT2D eigenvalue weighted by molar-refractivity contribution is 6.17. The summed E-state index contributed by atoms with van der Waals surface area (Å²) < 4.78 is 18.7. The molecule has 0 aliphatic rings. The van der Waals surface area contributed by atoms with Crippen LogP contribution >= 0.6 is 11.6 Å². The molecule has 0 atom stereocenters. The Balaban J connectivity index is 2.34. The van der Waals surface area contributed by atoms with Crippen LogP contribution in [0.4, 0.5) is 4.39 Å². The average Bonchev–Trinajstić information content (AvgIpc) is 2.37. The van der Waals surface area contributed by atoms with Gasteiger partial charge in [-0.15, -0.1) is 11.6 Å². The van der Waals surface area contributed by atoms with Gasteiger partial charge in [-0.2, -0.15) is 5.26 Å². The van der Waals surface area contributed by atoms with Gasteiger partial charge < -0.3 is 4.74 Å². The topological polar surface area (TPSA) is 33.0 Å². The molecule has 0 aliphatic heterocycles. The van der Waals surface area contributed by atoms with Crippen LogP contribution in [0.5, 0.6) is 5.75 Å². The molecular formula is C15H19ClFNO. The van der Waals surface area contributed by atoms with E-state index >= 15 is 0 Å². The number of benzene rings is 1. The molecule has 1 aromatic rings. The number of hydrogen-bond acceptors (Lipinski definition) is 2. The molecule has 0 radical (unpaired) electrons. The van der Waals surface area contributed by atoms with E-state index < -0.39 is 0 Å². The van der Waals surface area contributed by atoms with Gasteiger partial charge in [0.25, 0.3) is 0 Å². The lowest BCUT2D eigenvalue weighted by Crippen LogP contribution is -2.08. The van der Waals surface area contributed by atoms with Gasteiger partial charge in [0.1, 0.15) is 11.6 Å². The molecule has 4 heteroatoms. The van der Waals surface area contributed by atoms with Gasteiger partial charge in [-0.25, -0.2) is 4.39 Å². The largest absolute Gasteiger partial charge is 0.493 e. The minimum atomic E-state index is -0.334. The molecule has 0 aliphatic carbocycles. The summed E-state index contributed by atoms with van der Waals surface area (Å²) in [6.07, 6.45) is 2.60. The maximum atomic E-state index is 13.2. The Hall–Kier alpha value is -1.27. The second-order valence-electron chi connectivity index (χ2n) is 5.23. The van der Waals surface area contributed by atoms with Gasteiger partial charge in [-0.1, -0.05) is 0 Å². The van der Waals surface area contributed by atoms with Crippen molar-refractivity contribution < 1.29 is 9.13 Å². The second kappa shape index (κ2) is 7.35. The highest BCUT2D eigenvalue weighted by atomic mass is 35.5. The molecule has 0 N–H and O–H groups in total. The molecule has 0 unspecified atom stereocenters. The smallest absolute Gasteiger partial charge is 0.127 e. The highest BCUT2D eigenvalue weighted by Gasteiger charge is 2.15. The van der Waals surface area contributed by atoms with Gasteiger partial charge in [-0.05, 0) is 50.8 Å². The second-order valence-corrected chi connectivity index (χ2v) is 5.50. The van der Waals surface area contributed by atoms with E-state index in [4.69, 9.17) is 21.6 Å². The maximum Gasteiger partial charge on any atom is 0.127 e. The standard InChI is InChI=1S/C15H19ClFNO/c1-15(2,11-18)5-3-4-6-19-14-8-12(10-16)7-13(17)9-14/h7-9H,3-6,10H2,1-2H3. The van der Waals surface area contributed by atoms with Crippen molar-refractivity contribution in [3.8, 4) is 11.8 Å². The van der Waals surface area contributed by atoms with Gasteiger partial charge in [0.15, 0.2) is 0 Å². The molecule has 0 amide bonds. The van der Waals surface area contributed by atoms with E-state index in [1.165, 1.54) is 12.1 Å². The fourth-order valence-electron chi connectivity index (χ4n) is 1.70. The molecule has 0 aromatic heterocycles. The van der Waals surface area contributed by atoms with Crippen molar-refractivity contribution in [2.45, 2.75) is 39.0 Å². The van der Waals surface area contributed by atoms with Crippen LogP contribution in [0.2, 0.25) is 0 Å². The zero-order valence-corrected chi connectivity index (χ0v) is 12.1. The Labute approximate surface area is 119 Å². The summed E-state index contributed by atoms with van der Waals surface area (Å²) in [5.41, 5.74) is 0.423. The van der Waals surface area contributed by atoms with Crippen molar-refractivity contribution in [3.63, 3.8) is 0 Å². The molecule has 0 saturated carbocycles. The molecule has 0 saturated heterocycles. The normalized spacial score (nSPS) is 11.1. The summed E-state index contributed by atoms with van der Waals surface area (Å²) in [7, 11) is 0. The van der Waals surface area contributed by atoms with E-state index in [1.54, 1.807) is 6.07 Å². The summed E-state index contributed by atoms with van der Waals surface area (Å²) in [6.45, 7) is 4.37. The van der Waals surface area contributed by atoms with Crippen LogP contribution in [0, 0.1) is 22.6 Å². The van der Waals surface area contributed by atoms with E-state index in [2.05, 4.69) is 6.07 Å². The third-order valence-corrected chi connectivity index (χ3v) is 3.16. The minimum Gasteiger partial charge on any atom is -0.493 e. The Bertz CT molecular complexity index is 454. The zero-order valence-electron chi connectivity index (χ0n) is 11.4. The Morgan fingerprint density at radius 3 is 2.68 bits per heavy atom. The first-order valence-electron chi connectivity index (χ1n) is 6.36. The fourth-order valence-corrected chi connectivity index (χ4v) is 1.85. The van der Waals surface area contributed by atoms with E-state index in [1.807, 2.05) is 13.8 Å². The van der Waals surface area contributed by atoms with Crippen molar-refractivity contribution in [1.82, 2.24) is 0 Å². The van der Waals surface area contributed by atoms with Gasteiger partial charge in [0.2, 0.25) is 0 Å². The number of unbranched alkanes of at least 4 members (excludes halogenated alkanes) is 1. The van der Waals surface area contributed by atoms with Crippen LogP contribution in [-0.2, 0) is 5.88 Å². The number of nitrogens with zero attached hydrogens (tertiary/aromatic N) is 1. The van der Waals surface area contributed by atoms with E-state index in [-0.39, 0.29) is 17.1 Å². The molecule has 0 fully saturated rings. The summed E-state index contributed by atoms with van der Waals surface area (Å²) >= 11 is 5.67. The molecule has 104 valence electrons. The first-order valence-corrected chi connectivity index (χ1v) is 6.90. The third-order valence-electron chi connectivity index (χ3n) is 2.85. The molecule has 1 aromatic carbocycles. The Morgan fingerprint density at radius 1 is 1.32 bits per heavy atom. The zero-order chi connectivity index (χ0) is 14.3. The predicted molar refractivity (Wildman–Crippen MR) is 74.7 cm³/mol. The van der Waals surface area contributed by atoms with Crippen LogP contribution in [0.1, 0.15) is 38.7 Å². The van der Waals surface area contributed by atoms with E-state index in [0.717, 1.165) is 19.3 Å². The lowest BCUT2D eigenvalue weighted by Gasteiger charge is -2.14. The summed E-state index contributed by atoms with van der Waals surface area (Å²) in [5.74, 6) is 0.443. The van der Waals surface area contributed by atoms with Gasteiger partial charge in [0.05, 0.1) is 18.1 Å². The van der Waals surface area contributed by atoms with Crippen LogP contribution in [-0.4, -0.2) is 6.61 Å². The first kappa shape index (κ1) is 15.8. The van der Waals surface area contributed by atoms with Crippen molar-refractivity contribution in [2.75, 3.05) is 6.61 Å². The minimum absolute atomic E-state index is 0.268. The van der Waals surface area contributed by atoms with Crippen LogP contribution < -0.4 is 4.74 Å².